The summed E-state index contributed by atoms with van der Waals surface area (Å²) in [5, 5.41) is 4.29. The van der Waals surface area contributed by atoms with E-state index in [0.29, 0.717) is 5.69 Å². The average Bonchev–Trinajstić information content (AvgIpc) is 3.12. The number of hydrogen-bond acceptors (Lipinski definition) is 4. The molecule has 0 aliphatic carbocycles. The molecule has 134 valence electrons. The lowest BCUT2D eigenvalue weighted by Crippen LogP contribution is -2.32. The van der Waals surface area contributed by atoms with Crippen LogP contribution in [0.15, 0.2) is 65.7 Å². The van der Waals surface area contributed by atoms with Crippen molar-refractivity contribution in [3.63, 3.8) is 0 Å². The number of fused-ring (bicyclic) bond motifs is 1. The number of ether oxygens (including phenoxy) is 1. The number of aryl methyl sites for hydroxylation is 1. The Morgan fingerprint density at radius 2 is 1.85 bits per heavy atom. The predicted molar refractivity (Wildman–Crippen MR) is 99.7 cm³/mol. The van der Waals surface area contributed by atoms with E-state index in [0.717, 1.165) is 33.8 Å². The summed E-state index contributed by atoms with van der Waals surface area (Å²) in [6, 6.07) is 15.9. The highest BCUT2D eigenvalue weighted by atomic mass is 32.2. The molecule has 2 aromatic carbocycles. The Bertz CT molecular complexity index is 1050. The molecule has 1 aromatic heterocycles. The van der Waals surface area contributed by atoms with Crippen molar-refractivity contribution in [1.82, 2.24) is 9.19 Å². The second-order valence-corrected chi connectivity index (χ2v) is 8.87. The summed E-state index contributed by atoms with van der Waals surface area (Å²) < 4.78 is 32.4. The summed E-state index contributed by atoms with van der Waals surface area (Å²) in [5.74, 6) is 0.890. The van der Waals surface area contributed by atoms with Gasteiger partial charge in [0.2, 0.25) is 0 Å². The van der Waals surface area contributed by atoms with Gasteiger partial charge in [0.15, 0.2) is 0 Å². The molecule has 0 N–H and O–H groups in total. The third-order valence-corrected chi connectivity index (χ3v) is 6.16. The smallest absolute Gasteiger partial charge is 0.282 e. The number of rotatable bonds is 3. The van der Waals surface area contributed by atoms with Gasteiger partial charge in [0.1, 0.15) is 11.4 Å². The largest absolute Gasteiger partial charge is 0.488 e. The highest BCUT2D eigenvalue weighted by molar-refractivity contribution is 7.89. The van der Waals surface area contributed by atoms with Crippen LogP contribution in [-0.2, 0) is 16.4 Å². The predicted octanol–water partition coefficient (Wildman–Crippen LogP) is 3.89. The van der Waals surface area contributed by atoms with Gasteiger partial charge in [0.05, 0.1) is 10.6 Å². The van der Waals surface area contributed by atoms with Crippen LogP contribution in [0.5, 0.6) is 5.75 Å². The van der Waals surface area contributed by atoms with Crippen molar-refractivity contribution in [2.75, 3.05) is 0 Å². The van der Waals surface area contributed by atoms with Gasteiger partial charge in [0, 0.05) is 11.8 Å². The fourth-order valence-corrected chi connectivity index (χ4v) is 4.25. The van der Waals surface area contributed by atoms with Gasteiger partial charge >= 0.3 is 0 Å². The second kappa shape index (κ2) is 5.99. The van der Waals surface area contributed by atoms with Crippen molar-refractivity contribution in [3.8, 4) is 17.0 Å². The maximum absolute atomic E-state index is 12.7. The van der Waals surface area contributed by atoms with Crippen LogP contribution < -0.4 is 4.74 Å². The van der Waals surface area contributed by atoms with Crippen LogP contribution in [0.3, 0.4) is 0 Å². The summed E-state index contributed by atoms with van der Waals surface area (Å²) in [6.07, 6.45) is 3.36. The third-order valence-electron chi connectivity index (χ3n) is 4.59. The maximum atomic E-state index is 12.7. The number of hydrogen-bond donors (Lipinski definition) is 0. The first-order chi connectivity index (χ1) is 12.4. The minimum Gasteiger partial charge on any atom is -0.488 e. The molecule has 0 atom stereocenters. The van der Waals surface area contributed by atoms with E-state index in [1.807, 2.05) is 18.2 Å². The van der Waals surface area contributed by atoms with Crippen LogP contribution in [0, 0.1) is 0 Å². The zero-order valence-corrected chi connectivity index (χ0v) is 15.5. The van der Waals surface area contributed by atoms with Crippen molar-refractivity contribution in [1.29, 1.82) is 0 Å². The highest BCUT2D eigenvalue weighted by Gasteiger charge is 2.27. The lowest BCUT2D eigenvalue weighted by atomic mass is 9.93. The van der Waals surface area contributed by atoms with Gasteiger partial charge in [-0.15, -0.1) is 0 Å². The van der Waals surface area contributed by atoms with E-state index in [1.54, 1.807) is 36.4 Å². The Kier molecular flexibility index (Phi) is 3.88. The topological polar surface area (TPSA) is 61.2 Å². The molecule has 0 radical (unpaired) electrons. The molecule has 0 saturated heterocycles. The molecule has 5 nitrogen and oxygen atoms in total. The zero-order chi connectivity index (χ0) is 18.4. The summed E-state index contributed by atoms with van der Waals surface area (Å²) in [4.78, 5) is 0.218. The molecule has 0 unspecified atom stereocenters. The summed E-state index contributed by atoms with van der Waals surface area (Å²) in [5.41, 5.74) is 2.48. The summed E-state index contributed by atoms with van der Waals surface area (Å²) >= 11 is 0. The first kappa shape index (κ1) is 16.8. The van der Waals surface area contributed by atoms with Crippen molar-refractivity contribution in [2.45, 2.75) is 37.2 Å². The Morgan fingerprint density at radius 3 is 2.62 bits per heavy atom. The van der Waals surface area contributed by atoms with Crippen LogP contribution in [0.1, 0.15) is 25.8 Å². The summed E-state index contributed by atoms with van der Waals surface area (Å²) in [7, 11) is -3.68. The molecular formula is C20H20N2O3S. The Balaban J connectivity index is 1.67. The van der Waals surface area contributed by atoms with E-state index in [2.05, 4.69) is 18.9 Å². The molecule has 1 aliphatic rings. The fraction of sp³-hybridized carbons (Fsp3) is 0.250. The van der Waals surface area contributed by atoms with Crippen molar-refractivity contribution >= 4 is 10.0 Å². The van der Waals surface area contributed by atoms with Gasteiger partial charge in [-0.25, -0.2) is 0 Å². The van der Waals surface area contributed by atoms with E-state index < -0.39 is 10.0 Å². The van der Waals surface area contributed by atoms with Gasteiger partial charge in [-0.3, -0.25) is 0 Å². The number of benzene rings is 2. The highest BCUT2D eigenvalue weighted by Crippen LogP contribution is 2.35. The normalized spacial score (nSPS) is 15.9. The minimum absolute atomic E-state index is 0.153. The van der Waals surface area contributed by atoms with Gasteiger partial charge < -0.3 is 4.74 Å². The standard InChI is InChI=1S/C20H20N2O3S/c1-20(2)12-10-16-14-15(8-9-19(16)25-20)18-11-13-22(21-18)26(23,24)17-6-4-3-5-7-17/h3-9,11,13-14H,10,12H2,1-2H3. The van der Waals surface area contributed by atoms with E-state index in [1.165, 1.54) is 6.20 Å². The molecule has 1 aliphatic heterocycles. The maximum Gasteiger partial charge on any atom is 0.282 e. The Morgan fingerprint density at radius 1 is 1.08 bits per heavy atom. The molecule has 0 bridgehead atoms. The number of nitrogens with zero attached hydrogens (tertiary/aromatic N) is 2. The quantitative estimate of drug-likeness (QED) is 0.704. The zero-order valence-electron chi connectivity index (χ0n) is 14.7. The minimum atomic E-state index is -3.68. The molecule has 3 aromatic rings. The van der Waals surface area contributed by atoms with Crippen molar-refractivity contribution in [3.05, 3.63) is 66.4 Å². The Hall–Kier alpha value is -2.60. The Labute approximate surface area is 153 Å². The van der Waals surface area contributed by atoms with Gasteiger partial charge in [-0.2, -0.15) is 17.6 Å². The van der Waals surface area contributed by atoms with Crippen LogP contribution in [0.2, 0.25) is 0 Å². The SMILES string of the molecule is CC1(C)CCc2cc(-c3ccn(S(=O)(=O)c4ccccc4)n3)ccc2O1. The second-order valence-electron chi connectivity index (χ2n) is 7.08. The van der Waals surface area contributed by atoms with Gasteiger partial charge in [-0.05, 0) is 68.7 Å². The van der Waals surface area contributed by atoms with Crippen LogP contribution in [-0.4, -0.2) is 23.2 Å². The fourth-order valence-electron chi connectivity index (χ4n) is 3.11. The molecular weight excluding hydrogens is 348 g/mol. The molecule has 4 rings (SSSR count). The third kappa shape index (κ3) is 3.01. The molecule has 0 fully saturated rings. The summed E-state index contributed by atoms with van der Waals surface area (Å²) in [6.45, 7) is 4.17. The monoisotopic (exact) mass is 368 g/mol. The van der Waals surface area contributed by atoms with Gasteiger partial charge in [-0.1, -0.05) is 18.2 Å². The first-order valence-corrected chi connectivity index (χ1v) is 9.98. The van der Waals surface area contributed by atoms with Crippen LogP contribution in [0.4, 0.5) is 0 Å². The lowest BCUT2D eigenvalue weighted by Gasteiger charge is -2.32. The number of aromatic nitrogens is 2. The van der Waals surface area contributed by atoms with E-state index in [-0.39, 0.29) is 10.5 Å². The molecule has 26 heavy (non-hydrogen) atoms. The van der Waals surface area contributed by atoms with E-state index >= 15 is 0 Å². The first-order valence-electron chi connectivity index (χ1n) is 8.54. The van der Waals surface area contributed by atoms with Crippen LogP contribution in [0.25, 0.3) is 11.3 Å². The average molecular weight is 368 g/mol. The molecule has 0 spiro atoms. The van der Waals surface area contributed by atoms with Gasteiger partial charge in [0.25, 0.3) is 10.0 Å². The van der Waals surface area contributed by atoms with Crippen LogP contribution >= 0.6 is 0 Å². The molecule has 0 amide bonds. The van der Waals surface area contributed by atoms with Crippen molar-refractivity contribution in [2.24, 2.45) is 0 Å². The molecule has 6 heteroatoms. The van der Waals surface area contributed by atoms with E-state index in [9.17, 15) is 8.42 Å². The van der Waals surface area contributed by atoms with E-state index in [4.69, 9.17) is 4.74 Å². The lowest BCUT2D eigenvalue weighted by molar-refractivity contribution is 0.0847. The molecule has 0 saturated carbocycles. The molecule has 2 heterocycles. The van der Waals surface area contributed by atoms with Crippen molar-refractivity contribution < 1.29 is 13.2 Å².